The van der Waals surface area contributed by atoms with Gasteiger partial charge in [0.05, 0.1) is 21.8 Å². The molecule has 0 aliphatic heterocycles. The molecule has 0 aliphatic rings. The Morgan fingerprint density at radius 3 is 2.50 bits per heavy atom. The van der Waals surface area contributed by atoms with Crippen molar-refractivity contribution in [1.29, 1.82) is 0 Å². The van der Waals surface area contributed by atoms with Crippen molar-refractivity contribution in [2.75, 3.05) is 0 Å². The first kappa shape index (κ1) is 13.1. The lowest BCUT2D eigenvalue weighted by Gasteiger charge is -2.05. The number of rotatable bonds is 2. The van der Waals surface area contributed by atoms with Crippen LogP contribution in [-0.4, -0.2) is 9.97 Å². The molecular formula is C11H14ClN3S. The van der Waals surface area contributed by atoms with Gasteiger partial charge in [-0.2, -0.15) is 0 Å². The molecule has 2 heterocycles. The van der Waals surface area contributed by atoms with Crippen molar-refractivity contribution in [2.24, 2.45) is 5.73 Å². The average Bonchev–Trinajstić information content (AvgIpc) is 2.65. The first-order valence-corrected chi connectivity index (χ1v) is 5.68. The molecule has 0 saturated carbocycles. The van der Waals surface area contributed by atoms with Crippen molar-refractivity contribution in [2.45, 2.75) is 19.9 Å². The van der Waals surface area contributed by atoms with Gasteiger partial charge in [-0.05, 0) is 25.5 Å². The van der Waals surface area contributed by atoms with E-state index in [1.165, 1.54) is 0 Å². The second kappa shape index (κ2) is 5.39. The summed E-state index contributed by atoms with van der Waals surface area (Å²) in [6.07, 6.45) is 1.83. The molecule has 16 heavy (non-hydrogen) atoms. The Hall–Kier alpha value is -0.970. The Kier molecular flexibility index (Phi) is 4.41. The third kappa shape index (κ3) is 2.58. The molecule has 0 amide bonds. The predicted octanol–water partition coefficient (Wildman–Crippen LogP) is 2.96. The van der Waals surface area contributed by atoms with Crippen LogP contribution in [0.25, 0.3) is 10.6 Å². The first-order valence-electron chi connectivity index (χ1n) is 4.80. The fraction of sp³-hybridized carbons (Fsp3) is 0.273. The monoisotopic (exact) mass is 255 g/mol. The molecule has 0 aliphatic carbocycles. The predicted molar refractivity (Wildman–Crippen MR) is 69.9 cm³/mol. The lowest BCUT2D eigenvalue weighted by molar-refractivity contribution is 0.812. The molecule has 0 radical (unpaired) electrons. The van der Waals surface area contributed by atoms with Gasteiger partial charge < -0.3 is 5.73 Å². The van der Waals surface area contributed by atoms with Crippen molar-refractivity contribution in [3.05, 3.63) is 35.1 Å². The summed E-state index contributed by atoms with van der Waals surface area (Å²) in [4.78, 5) is 9.73. The fourth-order valence-corrected chi connectivity index (χ4v) is 2.14. The highest BCUT2D eigenvalue weighted by Crippen LogP contribution is 2.25. The van der Waals surface area contributed by atoms with Gasteiger partial charge in [0, 0.05) is 12.2 Å². The molecule has 2 N–H and O–H groups in total. The van der Waals surface area contributed by atoms with E-state index in [4.69, 9.17) is 5.73 Å². The average molecular weight is 256 g/mol. The van der Waals surface area contributed by atoms with Crippen LogP contribution in [0.5, 0.6) is 0 Å². The SMILES string of the molecule is Cc1ncsc1-c1ccc([C@H](C)N)cn1.Cl. The van der Waals surface area contributed by atoms with E-state index in [1.807, 2.05) is 37.7 Å². The Balaban J connectivity index is 0.00000128. The summed E-state index contributed by atoms with van der Waals surface area (Å²) in [6, 6.07) is 4.06. The highest BCUT2D eigenvalue weighted by Gasteiger charge is 2.06. The minimum absolute atomic E-state index is 0. The molecule has 0 bridgehead atoms. The zero-order valence-corrected chi connectivity index (χ0v) is 10.8. The van der Waals surface area contributed by atoms with Crippen LogP contribution in [0.1, 0.15) is 24.2 Å². The Bertz CT molecular complexity index is 451. The summed E-state index contributed by atoms with van der Waals surface area (Å²) in [5.74, 6) is 0. The van der Waals surface area contributed by atoms with Crippen molar-refractivity contribution in [3.8, 4) is 10.6 Å². The van der Waals surface area contributed by atoms with Crippen molar-refractivity contribution < 1.29 is 0 Å². The molecule has 0 saturated heterocycles. The summed E-state index contributed by atoms with van der Waals surface area (Å²) in [5, 5.41) is 0. The zero-order valence-electron chi connectivity index (χ0n) is 9.18. The van der Waals surface area contributed by atoms with E-state index in [0.29, 0.717) is 0 Å². The normalized spacial score (nSPS) is 11.9. The Morgan fingerprint density at radius 2 is 2.06 bits per heavy atom. The van der Waals surface area contributed by atoms with Crippen LogP contribution in [0, 0.1) is 6.92 Å². The number of pyridine rings is 1. The Morgan fingerprint density at radius 1 is 1.31 bits per heavy atom. The first-order chi connectivity index (χ1) is 7.18. The van der Waals surface area contributed by atoms with Crippen LogP contribution in [0.4, 0.5) is 0 Å². The largest absolute Gasteiger partial charge is 0.324 e. The second-order valence-corrected chi connectivity index (χ2v) is 4.39. The molecular weight excluding hydrogens is 242 g/mol. The molecule has 2 aromatic heterocycles. The van der Waals surface area contributed by atoms with E-state index in [2.05, 4.69) is 9.97 Å². The minimum Gasteiger partial charge on any atom is -0.324 e. The molecule has 2 aromatic rings. The standard InChI is InChI=1S/C11H13N3S.ClH/c1-7(12)9-3-4-10(13-5-9)11-8(2)14-6-15-11;/h3-7H,12H2,1-2H3;1H/t7-;/m0./s1. The topological polar surface area (TPSA) is 51.8 Å². The van der Waals surface area contributed by atoms with Gasteiger partial charge in [0.15, 0.2) is 0 Å². The van der Waals surface area contributed by atoms with E-state index < -0.39 is 0 Å². The summed E-state index contributed by atoms with van der Waals surface area (Å²) in [7, 11) is 0. The molecule has 0 fully saturated rings. The summed E-state index contributed by atoms with van der Waals surface area (Å²) in [6.45, 7) is 3.95. The van der Waals surface area contributed by atoms with Gasteiger partial charge in [0.2, 0.25) is 0 Å². The van der Waals surface area contributed by atoms with Gasteiger partial charge in [0.1, 0.15) is 0 Å². The van der Waals surface area contributed by atoms with Crippen molar-refractivity contribution in [1.82, 2.24) is 9.97 Å². The Labute approximate surface area is 105 Å². The maximum Gasteiger partial charge on any atom is 0.0820 e. The van der Waals surface area contributed by atoms with Crippen molar-refractivity contribution >= 4 is 23.7 Å². The number of nitrogens with two attached hydrogens (primary N) is 1. The molecule has 3 nitrogen and oxygen atoms in total. The molecule has 1 atom stereocenters. The summed E-state index contributed by atoms with van der Waals surface area (Å²) < 4.78 is 0. The second-order valence-electron chi connectivity index (χ2n) is 3.53. The van der Waals surface area contributed by atoms with Crippen LogP contribution in [0.2, 0.25) is 0 Å². The third-order valence-electron chi connectivity index (χ3n) is 2.29. The highest BCUT2D eigenvalue weighted by molar-refractivity contribution is 7.13. The van der Waals surface area contributed by atoms with E-state index in [9.17, 15) is 0 Å². The van der Waals surface area contributed by atoms with Crippen LogP contribution < -0.4 is 5.73 Å². The lowest BCUT2D eigenvalue weighted by Crippen LogP contribution is -2.05. The maximum absolute atomic E-state index is 5.76. The quantitative estimate of drug-likeness (QED) is 0.898. The molecule has 0 aromatic carbocycles. The van der Waals surface area contributed by atoms with Crippen LogP contribution >= 0.6 is 23.7 Å². The highest BCUT2D eigenvalue weighted by atomic mass is 35.5. The number of halogens is 1. The molecule has 5 heteroatoms. The minimum atomic E-state index is 0. The lowest BCUT2D eigenvalue weighted by atomic mass is 10.1. The van der Waals surface area contributed by atoms with E-state index in [-0.39, 0.29) is 18.4 Å². The number of nitrogens with zero attached hydrogens (tertiary/aromatic N) is 2. The molecule has 0 spiro atoms. The smallest absolute Gasteiger partial charge is 0.0820 e. The van der Waals surface area contributed by atoms with Crippen LogP contribution in [0.3, 0.4) is 0 Å². The van der Waals surface area contributed by atoms with Gasteiger partial charge in [0.25, 0.3) is 0 Å². The fourth-order valence-electron chi connectivity index (χ4n) is 1.36. The number of thiazole rings is 1. The molecule has 2 rings (SSSR count). The number of hydrogen-bond donors (Lipinski definition) is 1. The zero-order chi connectivity index (χ0) is 10.8. The molecule has 86 valence electrons. The van der Waals surface area contributed by atoms with E-state index in [1.54, 1.807) is 11.3 Å². The summed E-state index contributed by atoms with van der Waals surface area (Å²) >= 11 is 1.61. The molecule has 0 unspecified atom stereocenters. The van der Waals surface area contributed by atoms with Crippen LogP contribution in [-0.2, 0) is 0 Å². The number of aromatic nitrogens is 2. The van der Waals surface area contributed by atoms with Crippen molar-refractivity contribution in [3.63, 3.8) is 0 Å². The van der Waals surface area contributed by atoms with E-state index >= 15 is 0 Å². The van der Waals surface area contributed by atoms with Gasteiger partial charge in [-0.25, -0.2) is 4.98 Å². The van der Waals surface area contributed by atoms with Gasteiger partial charge in [-0.15, -0.1) is 23.7 Å². The number of hydrogen-bond acceptors (Lipinski definition) is 4. The summed E-state index contributed by atoms with van der Waals surface area (Å²) in [5.41, 5.74) is 10.7. The van der Waals surface area contributed by atoms with Gasteiger partial charge in [-0.1, -0.05) is 6.07 Å². The van der Waals surface area contributed by atoms with E-state index in [0.717, 1.165) is 21.8 Å². The third-order valence-corrected chi connectivity index (χ3v) is 3.24. The van der Waals surface area contributed by atoms with Gasteiger partial charge >= 0.3 is 0 Å². The van der Waals surface area contributed by atoms with Gasteiger partial charge in [-0.3, -0.25) is 4.98 Å². The van der Waals surface area contributed by atoms with Crippen LogP contribution in [0.15, 0.2) is 23.8 Å². The number of aryl methyl sites for hydroxylation is 1. The maximum atomic E-state index is 5.76.